The molecule has 0 aliphatic carbocycles. The molecule has 0 aliphatic heterocycles. The van der Waals surface area contributed by atoms with Gasteiger partial charge in [-0.1, -0.05) is 55.1 Å². The molecule has 0 heterocycles. The Hall–Kier alpha value is -2.35. The van der Waals surface area contributed by atoms with Crippen molar-refractivity contribution in [2.45, 2.75) is 6.61 Å². The first-order chi connectivity index (χ1) is 8.79. The molecular formula is C16H14O2. The molecule has 0 amide bonds. The Kier molecular flexibility index (Phi) is 3.92. The van der Waals surface area contributed by atoms with Crippen LogP contribution in [0.5, 0.6) is 0 Å². The Balaban J connectivity index is 1.95. The highest BCUT2D eigenvalue weighted by molar-refractivity contribution is 5.89. The van der Waals surface area contributed by atoms with Crippen LogP contribution < -0.4 is 0 Å². The second-order valence-corrected chi connectivity index (χ2v) is 3.89. The molecule has 0 unspecified atom stereocenters. The molecule has 0 radical (unpaired) electrons. The average Bonchev–Trinajstić information content (AvgIpc) is 2.46. The van der Waals surface area contributed by atoms with E-state index in [9.17, 15) is 4.79 Å². The summed E-state index contributed by atoms with van der Waals surface area (Å²) in [5, 5.41) is 0. The molecular weight excluding hydrogens is 224 g/mol. The van der Waals surface area contributed by atoms with Crippen LogP contribution in [0.2, 0.25) is 0 Å². The normalized spacial score (nSPS) is 9.78. The molecule has 90 valence electrons. The Morgan fingerprint density at radius 2 is 1.72 bits per heavy atom. The van der Waals surface area contributed by atoms with Crippen LogP contribution in [-0.2, 0) is 11.3 Å². The van der Waals surface area contributed by atoms with Crippen LogP contribution in [0.25, 0.3) is 6.08 Å². The minimum absolute atomic E-state index is 0.283. The van der Waals surface area contributed by atoms with Gasteiger partial charge in [0, 0.05) is 0 Å². The van der Waals surface area contributed by atoms with Gasteiger partial charge < -0.3 is 4.74 Å². The van der Waals surface area contributed by atoms with Crippen molar-refractivity contribution in [1.82, 2.24) is 0 Å². The summed E-state index contributed by atoms with van der Waals surface area (Å²) < 4.78 is 5.22. The van der Waals surface area contributed by atoms with Gasteiger partial charge in [-0.15, -0.1) is 0 Å². The fourth-order valence-corrected chi connectivity index (χ4v) is 1.56. The summed E-state index contributed by atoms with van der Waals surface area (Å²) in [6.45, 7) is 3.97. The molecule has 2 heteroatoms. The van der Waals surface area contributed by atoms with Gasteiger partial charge in [0.25, 0.3) is 0 Å². The summed E-state index contributed by atoms with van der Waals surface area (Å²) in [5.41, 5.74) is 2.58. The molecule has 0 N–H and O–H groups in total. The van der Waals surface area contributed by atoms with Gasteiger partial charge in [-0.2, -0.15) is 0 Å². The predicted octanol–water partition coefficient (Wildman–Crippen LogP) is 3.69. The molecule has 0 atom stereocenters. The van der Waals surface area contributed by atoms with Crippen LogP contribution in [0.1, 0.15) is 21.5 Å². The van der Waals surface area contributed by atoms with Gasteiger partial charge in [-0.05, 0) is 23.3 Å². The van der Waals surface area contributed by atoms with Gasteiger partial charge in [-0.3, -0.25) is 0 Å². The molecule has 0 bridgehead atoms. The SMILES string of the molecule is C=Cc1ccc(COC(=O)c2ccccc2)cc1. The van der Waals surface area contributed by atoms with Crippen molar-refractivity contribution < 1.29 is 9.53 Å². The van der Waals surface area contributed by atoms with Crippen LogP contribution in [0, 0.1) is 0 Å². The molecule has 0 fully saturated rings. The Morgan fingerprint density at radius 1 is 1.06 bits per heavy atom. The number of hydrogen-bond acceptors (Lipinski definition) is 2. The maximum Gasteiger partial charge on any atom is 0.338 e. The molecule has 0 aliphatic rings. The second-order valence-electron chi connectivity index (χ2n) is 3.89. The van der Waals surface area contributed by atoms with Crippen molar-refractivity contribution in [1.29, 1.82) is 0 Å². The molecule has 2 aromatic carbocycles. The van der Waals surface area contributed by atoms with Crippen LogP contribution in [0.3, 0.4) is 0 Å². The van der Waals surface area contributed by atoms with Gasteiger partial charge >= 0.3 is 5.97 Å². The average molecular weight is 238 g/mol. The number of carbonyl (C=O) groups excluding carboxylic acids is 1. The summed E-state index contributed by atoms with van der Waals surface area (Å²) in [4.78, 5) is 11.7. The lowest BCUT2D eigenvalue weighted by Crippen LogP contribution is -2.04. The highest BCUT2D eigenvalue weighted by Gasteiger charge is 2.05. The monoisotopic (exact) mass is 238 g/mol. The van der Waals surface area contributed by atoms with Crippen LogP contribution in [-0.4, -0.2) is 5.97 Å². The van der Waals surface area contributed by atoms with Crippen molar-refractivity contribution in [3.05, 3.63) is 77.9 Å². The topological polar surface area (TPSA) is 26.3 Å². The Morgan fingerprint density at radius 3 is 2.33 bits per heavy atom. The largest absolute Gasteiger partial charge is 0.457 e. The third kappa shape index (κ3) is 3.08. The molecule has 0 saturated heterocycles. The maximum atomic E-state index is 11.7. The fourth-order valence-electron chi connectivity index (χ4n) is 1.56. The highest BCUT2D eigenvalue weighted by Crippen LogP contribution is 2.08. The van der Waals surface area contributed by atoms with Crippen molar-refractivity contribution in [2.75, 3.05) is 0 Å². The Labute approximate surface area is 107 Å². The first-order valence-electron chi connectivity index (χ1n) is 5.73. The van der Waals surface area contributed by atoms with E-state index in [0.29, 0.717) is 5.56 Å². The van der Waals surface area contributed by atoms with Gasteiger partial charge in [0.05, 0.1) is 5.56 Å². The maximum absolute atomic E-state index is 11.7. The predicted molar refractivity (Wildman–Crippen MR) is 72.1 cm³/mol. The zero-order valence-electron chi connectivity index (χ0n) is 10.0. The van der Waals surface area contributed by atoms with E-state index in [1.54, 1.807) is 18.2 Å². The van der Waals surface area contributed by atoms with E-state index in [4.69, 9.17) is 4.74 Å². The number of benzene rings is 2. The molecule has 0 saturated carbocycles. The third-order valence-electron chi connectivity index (χ3n) is 2.59. The fraction of sp³-hybridized carbons (Fsp3) is 0.0625. The lowest BCUT2D eigenvalue weighted by molar-refractivity contribution is 0.0472. The van der Waals surface area contributed by atoms with Crippen molar-refractivity contribution in [2.24, 2.45) is 0 Å². The van der Waals surface area contributed by atoms with E-state index in [0.717, 1.165) is 11.1 Å². The first-order valence-corrected chi connectivity index (χ1v) is 5.73. The number of carbonyl (C=O) groups is 1. The van der Waals surface area contributed by atoms with Gasteiger partial charge in [0.1, 0.15) is 6.61 Å². The van der Waals surface area contributed by atoms with Crippen molar-refractivity contribution in [3.8, 4) is 0 Å². The zero-order valence-corrected chi connectivity index (χ0v) is 10.0. The lowest BCUT2D eigenvalue weighted by Gasteiger charge is -2.05. The third-order valence-corrected chi connectivity index (χ3v) is 2.59. The van der Waals surface area contributed by atoms with E-state index in [1.807, 2.05) is 42.5 Å². The lowest BCUT2D eigenvalue weighted by atomic mass is 10.1. The van der Waals surface area contributed by atoms with Crippen LogP contribution in [0.15, 0.2) is 61.2 Å². The van der Waals surface area contributed by atoms with Crippen molar-refractivity contribution >= 4 is 12.0 Å². The standard InChI is InChI=1S/C16H14O2/c1-2-13-8-10-14(11-9-13)12-18-16(17)15-6-4-3-5-7-15/h2-11H,1,12H2. The number of esters is 1. The quantitative estimate of drug-likeness (QED) is 0.759. The van der Waals surface area contributed by atoms with Gasteiger partial charge in [-0.25, -0.2) is 4.79 Å². The van der Waals surface area contributed by atoms with Gasteiger partial charge in [0.2, 0.25) is 0 Å². The summed E-state index contributed by atoms with van der Waals surface area (Å²) in [7, 11) is 0. The van der Waals surface area contributed by atoms with Crippen LogP contribution in [0.4, 0.5) is 0 Å². The molecule has 18 heavy (non-hydrogen) atoms. The molecule has 0 aromatic heterocycles. The number of ether oxygens (including phenoxy) is 1. The first kappa shape index (κ1) is 12.1. The number of hydrogen-bond donors (Lipinski definition) is 0. The summed E-state index contributed by atoms with van der Waals surface area (Å²) in [6, 6.07) is 16.7. The minimum Gasteiger partial charge on any atom is -0.457 e. The van der Waals surface area contributed by atoms with Gasteiger partial charge in [0.15, 0.2) is 0 Å². The van der Waals surface area contributed by atoms with E-state index in [2.05, 4.69) is 6.58 Å². The minimum atomic E-state index is -0.302. The molecule has 2 rings (SSSR count). The number of rotatable bonds is 4. The zero-order chi connectivity index (χ0) is 12.8. The van der Waals surface area contributed by atoms with Crippen molar-refractivity contribution in [3.63, 3.8) is 0 Å². The van der Waals surface area contributed by atoms with Crippen LogP contribution >= 0.6 is 0 Å². The van der Waals surface area contributed by atoms with E-state index >= 15 is 0 Å². The Bertz CT molecular complexity index is 527. The smallest absolute Gasteiger partial charge is 0.338 e. The summed E-state index contributed by atoms with van der Waals surface area (Å²) in [6.07, 6.45) is 1.78. The van der Waals surface area contributed by atoms with E-state index in [1.165, 1.54) is 0 Å². The van der Waals surface area contributed by atoms with E-state index in [-0.39, 0.29) is 12.6 Å². The van der Waals surface area contributed by atoms with E-state index < -0.39 is 0 Å². The summed E-state index contributed by atoms with van der Waals surface area (Å²) >= 11 is 0. The molecule has 0 spiro atoms. The second kappa shape index (κ2) is 5.82. The highest BCUT2D eigenvalue weighted by atomic mass is 16.5. The molecule has 2 nitrogen and oxygen atoms in total. The molecule has 2 aromatic rings. The summed E-state index contributed by atoms with van der Waals surface area (Å²) in [5.74, 6) is -0.302.